The number of sulfonamides is 1. The van der Waals surface area contributed by atoms with Gasteiger partial charge in [0.05, 0.1) is 10.6 Å². The summed E-state index contributed by atoms with van der Waals surface area (Å²) in [6.07, 6.45) is 1.72. The van der Waals surface area contributed by atoms with Crippen LogP contribution in [0.5, 0.6) is 0 Å². The quantitative estimate of drug-likeness (QED) is 0.328. The second-order valence-electron chi connectivity index (χ2n) is 10.8. The van der Waals surface area contributed by atoms with Crippen molar-refractivity contribution in [2.24, 2.45) is 0 Å². The topological polar surface area (TPSA) is 86.8 Å². The molecule has 0 spiro atoms. The van der Waals surface area contributed by atoms with E-state index >= 15 is 0 Å². The van der Waals surface area contributed by atoms with E-state index in [2.05, 4.69) is 5.32 Å². The highest BCUT2D eigenvalue weighted by atomic mass is 32.2. The largest absolute Gasteiger partial charge is 0.350 e. The third kappa shape index (κ3) is 8.18. The molecule has 0 fully saturated rings. The van der Waals surface area contributed by atoms with Crippen LogP contribution < -0.4 is 9.62 Å². The average Bonchev–Trinajstić information content (AvgIpc) is 2.93. The van der Waals surface area contributed by atoms with Gasteiger partial charge < -0.3 is 10.2 Å². The van der Waals surface area contributed by atoms with Crippen LogP contribution in [0.2, 0.25) is 0 Å². The minimum atomic E-state index is -4.07. The molecule has 0 saturated heterocycles. The molecule has 7 nitrogen and oxygen atoms in total. The van der Waals surface area contributed by atoms with Crippen molar-refractivity contribution in [3.63, 3.8) is 0 Å². The van der Waals surface area contributed by atoms with Crippen molar-refractivity contribution >= 4 is 27.5 Å². The number of carbonyl (C=O) groups is 2. The zero-order chi connectivity index (χ0) is 29.3. The van der Waals surface area contributed by atoms with Crippen LogP contribution in [0, 0.1) is 0 Å². The Morgan fingerprint density at radius 1 is 0.825 bits per heavy atom. The molecule has 1 atom stereocenters. The molecule has 0 aliphatic heterocycles. The number of benzene rings is 3. The maximum Gasteiger partial charge on any atom is 0.264 e. The SMILES string of the molecule is CCc1ccc(N(CC(=O)N(CCc2ccccc2)[C@H](CC)C(=O)NC(C)(C)C)S(=O)(=O)c2ccccc2)cc1. The van der Waals surface area contributed by atoms with Crippen molar-refractivity contribution in [1.29, 1.82) is 0 Å². The highest BCUT2D eigenvalue weighted by molar-refractivity contribution is 7.92. The van der Waals surface area contributed by atoms with E-state index in [9.17, 15) is 18.0 Å². The highest BCUT2D eigenvalue weighted by Gasteiger charge is 2.34. The number of amides is 2. The van der Waals surface area contributed by atoms with Gasteiger partial charge in [0, 0.05) is 12.1 Å². The summed E-state index contributed by atoms with van der Waals surface area (Å²) >= 11 is 0. The normalized spacial score (nSPS) is 12.4. The number of hydrogen-bond donors (Lipinski definition) is 1. The van der Waals surface area contributed by atoms with Gasteiger partial charge in [-0.05, 0) is 75.4 Å². The van der Waals surface area contributed by atoms with E-state index in [-0.39, 0.29) is 17.3 Å². The van der Waals surface area contributed by atoms with E-state index in [0.29, 0.717) is 18.5 Å². The lowest BCUT2D eigenvalue weighted by atomic mass is 10.1. The molecule has 40 heavy (non-hydrogen) atoms. The van der Waals surface area contributed by atoms with E-state index < -0.39 is 34.1 Å². The standard InChI is InChI=1S/C32H41N3O4S/c1-6-25-18-20-27(21-19-25)35(40(38,39)28-16-12-9-13-17-28)24-30(36)34(23-22-26-14-10-8-11-15-26)29(7-2)31(37)33-32(3,4)5/h8-21,29H,6-7,22-24H2,1-5H3,(H,33,37)/t29-/m1/s1. The van der Waals surface area contributed by atoms with Gasteiger partial charge in [0.15, 0.2) is 0 Å². The van der Waals surface area contributed by atoms with Crippen molar-refractivity contribution in [2.45, 2.75) is 70.4 Å². The van der Waals surface area contributed by atoms with Crippen molar-refractivity contribution in [2.75, 3.05) is 17.4 Å². The summed E-state index contributed by atoms with van der Waals surface area (Å²) in [4.78, 5) is 29.0. The van der Waals surface area contributed by atoms with Crippen LogP contribution in [-0.4, -0.2) is 49.8 Å². The number of nitrogens with one attached hydrogen (secondary N) is 1. The first-order chi connectivity index (χ1) is 19.0. The number of aryl methyl sites for hydroxylation is 1. The Balaban J connectivity index is 2.01. The molecule has 0 radical (unpaired) electrons. The maximum absolute atomic E-state index is 14.1. The smallest absolute Gasteiger partial charge is 0.264 e. The molecular weight excluding hydrogens is 522 g/mol. The first-order valence-corrected chi connectivity index (χ1v) is 15.2. The Morgan fingerprint density at radius 2 is 1.40 bits per heavy atom. The van der Waals surface area contributed by atoms with Crippen LogP contribution in [0.15, 0.2) is 89.8 Å². The lowest BCUT2D eigenvalue weighted by Crippen LogP contribution is -2.56. The van der Waals surface area contributed by atoms with E-state index in [4.69, 9.17) is 0 Å². The number of carbonyl (C=O) groups excluding carboxylic acids is 2. The summed E-state index contributed by atoms with van der Waals surface area (Å²) in [6.45, 7) is 9.39. The molecule has 0 unspecified atom stereocenters. The molecule has 0 aliphatic carbocycles. The van der Waals surface area contributed by atoms with Gasteiger partial charge in [-0.3, -0.25) is 13.9 Å². The van der Waals surface area contributed by atoms with E-state index in [0.717, 1.165) is 21.9 Å². The van der Waals surface area contributed by atoms with Gasteiger partial charge in [-0.25, -0.2) is 8.42 Å². The molecule has 0 saturated carbocycles. The number of rotatable bonds is 12. The van der Waals surface area contributed by atoms with Gasteiger partial charge in [-0.15, -0.1) is 0 Å². The van der Waals surface area contributed by atoms with Gasteiger partial charge in [0.1, 0.15) is 12.6 Å². The molecule has 2 amide bonds. The van der Waals surface area contributed by atoms with Crippen LogP contribution in [0.1, 0.15) is 52.2 Å². The maximum atomic E-state index is 14.1. The molecule has 1 N–H and O–H groups in total. The zero-order valence-corrected chi connectivity index (χ0v) is 24.9. The first-order valence-electron chi connectivity index (χ1n) is 13.8. The number of hydrogen-bond acceptors (Lipinski definition) is 4. The molecule has 3 aromatic carbocycles. The lowest BCUT2D eigenvalue weighted by molar-refractivity contribution is -0.140. The Bertz CT molecular complexity index is 1350. The minimum Gasteiger partial charge on any atom is -0.350 e. The number of nitrogens with zero attached hydrogens (tertiary/aromatic N) is 2. The van der Waals surface area contributed by atoms with E-state index in [1.165, 1.54) is 17.0 Å². The van der Waals surface area contributed by atoms with Crippen LogP contribution in [-0.2, 0) is 32.5 Å². The van der Waals surface area contributed by atoms with Gasteiger partial charge in [0.2, 0.25) is 11.8 Å². The van der Waals surface area contributed by atoms with E-state index in [1.54, 1.807) is 30.3 Å². The third-order valence-electron chi connectivity index (χ3n) is 6.61. The van der Waals surface area contributed by atoms with Crippen LogP contribution in [0.4, 0.5) is 5.69 Å². The van der Waals surface area contributed by atoms with Crippen molar-refractivity contribution in [3.05, 3.63) is 96.1 Å². The predicted octanol–water partition coefficient (Wildman–Crippen LogP) is 5.21. The van der Waals surface area contributed by atoms with Crippen LogP contribution in [0.25, 0.3) is 0 Å². The fourth-order valence-electron chi connectivity index (χ4n) is 4.50. The van der Waals surface area contributed by atoms with Gasteiger partial charge in [-0.1, -0.05) is 74.5 Å². The third-order valence-corrected chi connectivity index (χ3v) is 8.40. The molecule has 0 aromatic heterocycles. The average molecular weight is 564 g/mol. The monoisotopic (exact) mass is 563 g/mol. The van der Waals surface area contributed by atoms with Crippen molar-refractivity contribution in [3.8, 4) is 0 Å². The summed E-state index contributed by atoms with van der Waals surface area (Å²) in [6, 6.07) is 24.3. The molecule has 8 heteroatoms. The molecule has 0 bridgehead atoms. The first kappa shape index (κ1) is 30.9. The zero-order valence-electron chi connectivity index (χ0n) is 24.1. The summed E-state index contributed by atoms with van der Waals surface area (Å²) in [5, 5.41) is 2.99. The van der Waals surface area contributed by atoms with Crippen molar-refractivity contribution < 1.29 is 18.0 Å². The highest BCUT2D eigenvalue weighted by Crippen LogP contribution is 2.25. The van der Waals surface area contributed by atoms with Gasteiger partial charge >= 0.3 is 0 Å². The van der Waals surface area contributed by atoms with Gasteiger partial charge in [0.25, 0.3) is 10.0 Å². The molecule has 0 aliphatic rings. The fraction of sp³-hybridized carbons (Fsp3) is 0.375. The lowest BCUT2D eigenvalue weighted by Gasteiger charge is -2.34. The van der Waals surface area contributed by atoms with Crippen LogP contribution >= 0.6 is 0 Å². The summed E-state index contributed by atoms with van der Waals surface area (Å²) in [7, 11) is -4.07. The Hall–Kier alpha value is -3.65. The predicted molar refractivity (Wildman–Crippen MR) is 161 cm³/mol. The van der Waals surface area contributed by atoms with Crippen molar-refractivity contribution in [1.82, 2.24) is 10.2 Å². The van der Waals surface area contributed by atoms with Crippen LogP contribution in [0.3, 0.4) is 0 Å². The Labute approximate surface area is 239 Å². The second kappa shape index (κ2) is 13.6. The molecule has 3 aromatic rings. The van der Waals surface area contributed by atoms with Gasteiger partial charge in [-0.2, -0.15) is 0 Å². The summed E-state index contributed by atoms with van der Waals surface area (Å²) < 4.78 is 28.9. The molecule has 214 valence electrons. The Morgan fingerprint density at radius 3 is 1.93 bits per heavy atom. The van der Waals surface area contributed by atoms with E-state index in [1.807, 2.05) is 77.1 Å². The Kier molecular flexibility index (Phi) is 10.5. The summed E-state index contributed by atoms with van der Waals surface area (Å²) in [5.74, 6) is -0.702. The minimum absolute atomic E-state index is 0.0933. The molecule has 0 heterocycles. The molecule has 3 rings (SSSR count). The second-order valence-corrected chi connectivity index (χ2v) is 12.7. The fourth-order valence-corrected chi connectivity index (χ4v) is 5.93. The summed E-state index contributed by atoms with van der Waals surface area (Å²) in [5.41, 5.74) is 1.99. The number of anilines is 1. The molecular formula is C32H41N3O4S.